The summed E-state index contributed by atoms with van der Waals surface area (Å²) >= 11 is 0. The van der Waals surface area contributed by atoms with E-state index in [0.29, 0.717) is 0 Å². The third-order valence-electron chi connectivity index (χ3n) is 9.72. The molecule has 0 saturated carbocycles. The predicted molar refractivity (Wildman–Crippen MR) is 214 cm³/mol. The molecule has 0 aromatic carbocycles. The summed E-state index contributed by atoms with van der Waals surface area (Å²) in [5.41, 5.74) is -1.07. The Kier molecular flexibility index (Phi) is 20.4. The maximum absolute atomic E-state index is 13.0. The molecule has 3 fully saturated rings. The van der Waals surface area contributed by atoms with Crippen molar-refractivity contribution >= 4 is 59.7 Å². The van der Waals surface area contributed by atoms with Gasteiger partial charge in [0.2, 0.25) is 0 Å². The monoisotopic (exact) mass is 964 g/mol. The van der Waals surface area contributed by atoms with Crippen LogP contribution in [-0.4, -0.2) is 171 Å². The number of hydrogen-bond acceptors (Lipinski definition) is 25. The van der Waals surface area contributed by atoms with Crippen molar-refractivity contribution in [3.63, 3.8) is 0 Å². The molecule has 3 heterocycles. The maximum Gasteiger partial charge on any atom is 0.303 e. The quantitative estimate of drug-likeness (QED) is 0.139. The fraction of sp³-hybridized carbons (Fsp3) is 0.762. The summed E-state index contributed by atoms with van der Waals surface area (Å²) in [7, 11) is 0. The van der Waals surface area contributed by atoms with E-state index in [2.05, 4.69) is 0 Å². The van der Waals surface area contributed by atoms with Gasteiger partial charge >= 0.3 is 59.7 Å². The first-order chi connectivity index (χ1) is 31.1. The SMILES string of the molecule is CC(=O)OC[C@H]1O[C@@H](C(C)(C)C)[C@H](O[C@@H]2O[C@H](COC(C)=O)[C@@H](OC(C)=O)[C@H](OC(C)=O)[C@H]2OC(C)=O)[C@@H](O[C@@H]2O[C@H](COC(C)=O)[C@@H](OC(C)=O)[C@H](OC(C)=O)[C@H]2OC(C)=O)[C@@H]1OC(C)=O. The van der Waals surface area contributed by atoms with Crippen molar-refractivity contribution in [2.45, 2.75) is 182 Å². The second kappa shape index (κ2) is 24.5. The molecular weight excluding hydrogens is 904 g/mol. The molecule has 0 amide bonds. The van der Waals surface area contributed by atoms with Crippen LogP contribution in [0.3, 0.4) is 0 Å². The van der Waals surface area contributed by atoms with Crippen LogP contribution in [0.2, 0.25) is 0 Å². The van der Waals surface area contributed by atoms with Crippen LogP contribution in [0.1, 0.15) is 90.0 Å². The van der Waals surface area contributed by atoms with Crippen LogP contribution >= 0.6 is 0 Å². The Balaban J connectivity index is 2.42. The maximum atomic E-state index is 13.0. The van der Waals surface area contributed by atoms with Gasteiger partial charge in [-0.15, -0.1) is 0 Å². The Morgan fingerprint density at radius 3 is 0.866 bits per heavy atom. The Labute approximate surface area is 385 Å². The molecule has 3 saturated heterocycles. The van der Waals surface area contributed by atoms with Gasteiger partial charge in [0.25, 0.3) is 0 Å². The summed E-state index contributed by atoms with van der Waals surface area (Å²) in [6, 6.07) is 0. The molecule has 0 aliphatic carbocycles. The van der Waals surface area contributed by atoms with Crippen molar-refractivity contribution in [1.82, 2.24) is 0 Å². The molecule has 378 valence electrons. The smallest absolute Gasteiger partial charge is 0.303 e. The van der Waals surface area contributed by atoms with Gasteiger partial charge < -0.3 is 71.1 Å². The topological polar surface area (TPSA) is 309 Å². The summed E-state index contributed by atoms with van der Waals surface area (Å²) in [6.45, 7) is 13.5. The van der Waals surface area contributed by atoms with Crippen LogP contribution in [0.5, 0.6) is 0 Å². The van der Waals surface area contributed by atoms with Gasteiger partial charge in [0.15, 0.2) is 55.3 Å². The van der Waals surface area contributed by atoms with E-state index in [0.717, 1.165) is 69.2 Å². The fourth-order valence-corrected chi connectivity index (χ4v) is 7.49. The highest BCUT2D eigenvalue weighted by atomic mass is 16.8. The van der Waals surface area contributed by atoms with Gasteiger partial charge in [-0.1, -0.05) is 20.8 Å². The van der Waals surface area contributed by atoms with Gasteiger partial charge in [-0.2, -0.15) is 0 Å². The molecular formula is C42H60O25. The van der Waals surface area contributed by atoms with Crippen LogP contribution in [0.4, 0.5) is 0 Å². The number of carbonyl (C=O) groups excluding carboxylic acids is 10. The van der Waals surface area contributed by atoms with Crippen LogP contribution in [-0.2, 0) is 119 Å². The first-order valence-electron chi connectivity index (χ1n) is 21.0. The van der Waals surface area contributed by atoms with Crippen molar-refractivity contribution in [2.75, 3.05) is 19.8 Å². The molecule has 67 heavy (non-hydrogen) atoms. The van der Waals surface area contributed by atoms with Crippen LogP contribution in [0.25, 0.3) is 0 Å². The summed E-state index contributed by atoms with van der Waals surface area (Å²) in [5, 5.41) is 0. The number of carbonyl (C=O) groups is 10. The fourth-order valence-electron chi connectivity index (χ4n) is 7.49. The third kappa shape index (κ3) is 16.7. The predicted octanol–water partition coefficient (Wildman–Crippen LogP) is 0.231. The molecule has 0 radical (unpaired) electrons. The third-order valence-corrected chi connectivity index (χ3v) is 9.72. The minimum absolute atomic E-state index is 0.579. The van der Waals surface area contributed by atoms with E-state index in [1.165, 1.54) is 0 Å². The van der Waals surface area contributed by atoms with Gasteiger partial charge in [-0.05, 0) is 5.41 Å². The summed E-state index contributed by atoms with van der Waals surface area (Å²) in [6.07, 6.45) is -25.1. The summed E-state index contributed by atoms with van der Waals surface area (Å²) in [4.78, 5) is 125. The Bertz CT molecular complexity index is 1820. The highest BCUT2D eigenvalue weighted by Crippen LogP contribution is 2.42. The molecule has 0 aromatic heterocycles. The molecule has 25 heteroatoms. The van der Waals surface area contributed by atoms with Crippen LogP contribution in [0.15, 0.2) is 0 Å². The molecule has 25 nitrogen and oxygen atoms in total. The number of rotatable bonds is 17. The Morgan fingerprint density at radius 1 is 0.328 bits per heavy atom. The zero-order chi connectivity index (χ0) is 50.7. The second-order valence-corrected chi connectivity index (χ2v) is 16.7. The normalized spacial score (nSPS) is 31.6. The van der Waals surface area contributed by atoms with Crippen molar-refractivity contribution < 1.29 is 119 Å². The molecule has 0 unspecified atom stereocenters. The van der Waals surface area contributed by atoms with E-state index >= 15 is 0 Å². The van der Waals surface area contributed by atoms with E-state index < -0.39 is 177 Å². The molecule has 0 N–H and O–H groups in total. The lowest BCUT2D eigenvalue weighted by molar-refractivity contribution is -0.377. The number of hydrogen-bond donors (Lipinski definition) is 0. The molecule has 0 aromatic rings. The van der Waals surface area contributed by atoms with Crippen LogP contribution < -0.4 is 0 Å². The molecule has 0 spiro atoms. The molecule has 3 aliphatic rings. The van der Waals surface area contributed by atoms with Gasteiger partial charge in [0.05, 0.1) is 6.10 Å². The minimum Gasteiger partial charge on any atom is -0.463 e. The molecule has 3 rings (SSSR count). The van der Waals surface area contributed by atoms with Crippen molar-refractivity contribution in [3.8, 4) is 0 Å². The van der Waals surface area contributed by atoms with Gasteiger partial charge in [0.1, 0.15) is 50.3 Å². The Morgan fingerprint density at radius 2 is 0.582 bits per heavy atom. The second-order valence-electron chi connectivity index (χ2n) is 16.7. The van der Waals surface area contributed by atoms with E-state index in [1.807, 2.05) is 0 Å². The zero-order valence-corrected chi connectivity index (χ0v) is 39.5. The summed E-state index contributed by atoms with van der Waals surface area (Å²) < 4.78 is 87.4. The lowest BCUT2D eigenvalue weighted by Crippen LogP contribution is -2.70. The molecule has 3 aliphatic heterocycles. The average Bonchev–Trinajstić information content (AvgIpc) is 3.16. The van der Waals surface area contributed by atoms with Crippen molar-refractivity contribution in [3.05, 3.63) is 0 Å². The van der Waals surface area contributed by atoms with Crippen molar-refractivity contribution in [2.24, 2.45) is 5.41 Å². The first-order valence-corrected chi connectivity index (χ1v) is 21.0. The van der Waals surface area contributed by atoms with E-state index in [9.17, 15) is 47.9 Å². The minimum atomic E-state index is -1.96. The zero-order valence-electron chi connectivity index (χ0n) is 39.5. The highest BCUT2D eigenvalue weighted by molar-refractivity contribution is 5.70. The molecule has 15 atom stereocenters. The lowest BCUT2D eigenvalue weighted by atomic mass is 9.79. The lowest BCUT2D eigenvalue weighted by Gasteiger charge is -2.53. The van der Waals surface area contributed by atoms with Crippen LogP contribution in [0, 0.1) is 5.41 Å². The van der Waals surface area contributed by atoms with E-state index in [-0.39, 0.29) is 0 Å². The summed E-state index contributed by atoms with van der Waals surface area (Å²) in [5.74, 6) is -9.04. The first kappa shape index (κ1) is 55.8. The van der Waals surface area contributed by atoms with Gasteiger partial charge in [0, 0.05) is 69.2 Å². The van der Waals surface area contributed by atoms with E-state index in [1.54, 1.807) is 20.8 Å². The van der Waals surface area contributed by atoms with Gasteiger partial charge in [-0.3, -0.25) is 47.9 Å². The number of ether oxygens (including phenoxy) is 15. The Hall–Kier alpha value is -5.50. The van der Waals surface area contributed by atoms with Gasteiger partial charge in [-0.25, -0.2) is 0 Å². The number of esters is 10. The van der Waals surface area contributed by atoms with E-state index in [4.69, 9.17) is 71.1 Å². The average molecular weight is 965 g/mol. The standard InChI is InChI=1S/C42H60O25/c1-17(43)53-14-27-30(56-20(4)46)33(66-40-37(61-25(9)51)34(59-23(7)49)31(57-21(5)47)28(64-40)15-54-18(2)44)36(39(63-27)42(11,12)13)67-41-38(62-26(10)52)35(60-24(8)50)32(58-22(6)48)29(65-41)16-55-19(3)45/h27-41H,14-16H2,1-13H3/t27-,28-,29-,30-,31-,32-,33+,34+,35+,36-,37-,38-,39-,40+,41+/m1/s1. The largest absolute Gasteiger partial charge is 0.463 e. The highest BCUT2D eigenvalue weighted by Gasteiger charge is 2.61. The van der Waals surface area contributed by atoms with Crippen molar-refractivity contribution in [1.29, 1.82) is 0 Å². The molecule has 0 bridgehead atoms.